The van der Waals surface area contributed by atoms with Gasteiger partial charge in [0.1, 0.15) is 30.1 Å². The van der Waals surface area contributed by atoms with Gasteiger partial charge in [0, 0.05) is 54.2 Å². The molecule has 7 nitrogen and oxygen atoms in total. The van der Waals surface area contributed by atoms with Gasteiger partial charge in [0.05, 0.1) is 5.02 Å². The Morgan fingerprint density at radius 3 is 2.02 bits per heavy atom. The highest BCUT2D eigenvalue weighted by Crippen LogP contribution is 2.25. The van der Waals surface area contributed by atoms with Gasteiger partial charge in [-0.2, -0.15) is 5.26 Å². The number of nitrogens with two attached hydrogens (primary N) is 1. The fraction of sp³-hybridized carbons (Fsp3) is 0.469. The van der Waals surface area contributed by atoms with Gasteiger partial charge in [-0.1, -0.05) is 31.5 Å². The van der Waals surface area contributed by atoms with Gasteiger partial charge >= 0.3 is 0 Å². The molecular weight excluding hydrogens is 593 g/mol. The number of rotatable bonds is 12. The summed E-state index contributed by atoms with van der Waals surface area (Å²) in [6.45, 7) is 12.9. The van der Waals surface area contributed by atoms with E-state index in [9.17, 15) is 5.11 Å². The largest absolute Gasteiger partial charge is 0.489 e. The van der Waals surface area contributed by atoms with Crippen LogP contribution in [0.5, 0.6) is 5.75 Å². The lowest BCUT2D eigenvalue weighted by Crippen LogP contribution is -2.46. The summed E-state index contributed by atoms with van der Waals surface area (Å²) in [5, 5.41) is 23.1. The monoisotopic (exact) mass is 637 g/mol. The molecule has 10 heteroatoms. The van der Waals surface area contributed by atoms with Crippen LogP contribution in [-0.4, -0.2) is 45.4 Å². The SMILES string of the molecule is CCc1ccnc(CC(C)(C)N)c1.CCc1ccnc(CC(C)(C)NC[C@@H](O)COc2cccc(Cl)c2C#N)c1.Cl.Cl. The minimum absolute atomic E-state index is 0. The first kappa shape index (κ1) is 39.6. The van der Waals surface area contributed by atoms with Crippen LogP contribution < -0.4 is 15.8 Å². The molecule has 2 aromatic heterocycles. The van der Waals surface area contributed by atoms with Crippen molar-refractivity contribution in [2.45, 2.75) is 84.4 Å². The van der Waals surface area contributed by atoms with E-state index in [0.29, 0.717) is 17.3 Å². The summed E-state index contributed by atoms with van der Waals surface area (Å²) in [6.07, 6.45) is 6.60. The highest BCUT2D eigenvalue weighted by molar-refractivity contribution is 6.31. The van der Waals surface area contributed by atoms with E-state index >= 15 is 0 Å². The van der Waals surface area contributed by atoms with Crippen LogP contribution >= 0.6 is 36.4 Å². The van der Waals surface area contributed by atoms with Crippen LogP contribution in [0.15, 0.2) is 54.9 Å². The van der Waals surface area contributed by atoms with E-state index in [1.54, 1.807) is 18.2 Å². The molecule has 0 saturated carbocycles. The van der Waals surface area contributed by atoms with Crippen molar-refractivity contribution in [3.8, 4) is 11.8 Å². The number of aliphatic hydroxyl groups excluding tert-OH is 1. The van der Waals surface area contributed by atoms with Gasteiger partial charge in [-0.05, 0) is 88.1 Å². The predicted molar refractivity (Wildman–Crippen MR) is 177 cm³/mol. The number of ether oxygens (including phenoxy) is 1. The fourth-order valence-corrected chi connectivity index (χ4v) is 4.25. The average molecular weight is 639 g/mol. The highest BCUT2D eigenvalue weighted by Gasteiger charge is 2.21. The van der Waals surface area contributed by atoms with Gasteiger partial charge in [0.2, 0.25) is 0 Å². The summed E-state index contributed by atoms with van der Waals surface area (Å²) in [4.78, 5) is 8.73. The van der Waals surface area contributed by atoms with Crippen LogP contribution in [0.4, 0.5) is 0 Å². The third kappa shape index (κ3) is 14.6. The smallest absolute Gasteiger partial charge is 0.138 e. The van der Waals surface area contributed by atoms with E-state index < -0.39 is 6.10 Å². The van der Waals surface area contributed by atoms with Crippen LogP contribution in [0.3, 0.4) is 0 Å². The summed E-state index contributed by atoms with van der Waals surface area (Å²) >= 11 is 5.98. The van der Waals surface area contributed by atoms with Crippen molar-refractivity contribution in [2.24, 2.45) is 5.73 Å². The topological polar surface area (TPSA) is 117 Å². The van der Waals surface area contributed by atoms with Gasteiger partial charge in [-0.15, -0.1) is 24.8 Å². The molecule has 0 fully saturated rings. The van der Waals surface area contributed by atoms with Gasteiger partial charge in [0.15, 0.2) is 0 Å². The van der Waals surface area contributed by atoms with Crippen molar-refractivity contribution in [3.05, 3.63) is 88.0 Å². The van der Waals surface area contributed by atoms with E-state index in [1.807, 2.05) is 44.4 Å². The molecule has 232 valence electrons. The standard InChI is InChI=1S/C21H26ClN3O2.C11H18N2.2ClH/c1-4-15-8-9-24-16(10-15)11-21(2,3)25-13-17(26)14-27-20-7-5-6-19(22)18(20)12-23;1-4-9-5-6-13-10(7-9)8-11(2,3)12;;/h5-10,17,25-26H,4,11,13-14H2,1-3H3;5-7H,4,8,12H2,1-3H3;2*1H/t17-;;;/m1.../s1. The molecule has 0 aliphatic carbocycles. The first-order valence-electron chi connectivity index (χ1n) is 13.8. The van der Waals surface area contributed by atoms with Crippen LogP contribution in [0.1, 0.15) is 69.6 Å². The fourth-order valence-electron chi connectivity index (χ4n) is 4.04. The third-order valence-electron chi connectivity index (χ3n) is 6.17. The molecular formula is C32H46Cl3N5O2. The molecule has 0 saturated heterocycles. The zero-order valence-electron chi connectivity index (χ0n) is 25.5. The van der Waals surface area contributed by atoms with Gasteiger partial charge in [-0.3, -0.25) is 9.97 Å². The minimum Gasteiger partial charge on any atom is -0.489 e. The normalized spacial score (nSPS) is 11.6. The molecule has 0 spiro atoms. The molecule has 42 heavy (non-hydrogen) atoms. The molecule has 0 unspecified atom stereocenters. The number of aryl methyl sites for hydroxylation is 2. The highest BCUT2D eigenvalue weighted by atomic mass is 35.5. The number of nitrogens with zero attached hydrogens (tertiary/aromatic N) is 3. The van der Waals surface area contributed by atoms with Crippen LogP contribution in [0.2, 0.25) is 5.02 Å². The lowest BCUT2D eigenvalue weighted by atomic mass is 9.96. The quantitative estimate of drug-likeness (QED) is 0.214. The first-order valence-corrected chi connectivity index (χ1v) is 14.1. The maximum absolute atomic E-state index is 10.2. The third-order valence-corrected chi connectivity index (χ3v) is 6.49. The number of nitrogens with one attached hydrogen (secondary N) is 1. The zero-order valence-corrected chi connectivity index (χ0v) is 27.9. The Bertz CT molecular complexity index is 1260. The molecule has 1 atom stereocenters. The Morgan fingerprint density at radius 2 is 1.52 bits per heavy atom. The average Bonchev–Trinajstić information content (AvgIpc) is 2.90. The summed E-state index contributed by atoms with van der Waals surface area (Å²) in [7, 11) is 0. The summed E-state index contributed by atoms with van der Waals surface area (Å²) < 4.78 is 5.58. The summed E-state index contributed by atoms with van der Waals surface area (Å²) in [5.74, 6) is 0.379. The molecule has 4 N–H and O–H groups in total. The first-order chi connectivity index (χ1) is 18.9. The predicted octanol–water partition coefficient (Wildman–Crippen LogP) is 6.29. The van der Waals surface area contributed by atoms with Crippen molar-refractivity contribution in [3.63, 3.8) is 0 Å². The Hall–Kier alpha value is -2.44. The van der Waals surface area contributed by atoms with E-state index in [0.717, 1.165) is 37.1 Å². The van der Waals surface area contributed by atoms with Gasteiger partial charge in [0.25, 0.3) is 0 Å². The van der Waals surface area contributed by atoms with Gasteiger partial charge in [-0.25, -0.2) is 0 Å². The van der Waals surface area contributed by atoms with E-state index in [2.05, 4.69) is 55.1 Å². The maximum atomic E-state index is 10.2. The molecule has 0 bridgehead atoms. The molecule has 0 aliphatic heterocycles. The number of hydrogen-bond donors (Lipinski definition) is 3. The summed E-state index contributed by atoms with van der Waals surface area (Å²) in [6, 6.07) is 15.4. The number of pyridine rings is 2. The van der Waals surface area contributed by atoms with Crippen molar-refractivity contribution in [1.29, 1.82) is 5.26 Å². The molecule has 0 radical (unpaired) electrons. The summed E-state index contributed by atoms with van der Waals surface area (Å²) in [5.41, 5.74) is 10.5. The minimum atomic E-state index is -0.718. The van der Waals surface area contributed by atoms with Crippen molar-refractivity contribution in [1.82, 2.24) is 15.3 Å². The van der Waals surface area contributed by atoms with Crippen molar-refractivity contribution >= 4 is 36.4 Å². The Kier molecular flexibility index (Phi) is 17.9. The van der Waals surface area contributed by atoms with Crippen LogP contribution in [-0.2, 0) is 25.7 Å². The molecule has 1 aromatic carbocycles. The number of benzene rings is 1. The lowest BCUT2D eigenvalue weighted by Gasteiger charge is -2.27. The van der Waals surface area contributed by atoms with E-state index in [-0.39, 0.29) is 48.1 Å². The molecule has 3 aromatic rings. The number of β-amino-alcohol motifs (C(OH)–C–C–N with tert-alkyl or cyclic N) is 1. The lowest BCUT2D eigenvalue weighted by molar-refractivity contribution is 0.0986. The molecule has 3 rings (SSSR count). The second-order valence-electron chi connectivity index (χ2n) is 11.3. The maximum Gasteiger partial charge on any atom is 0.138 e. The number of aliphatic hydroxyl groups is 1. The number of aromatic nitrogens is 2. The number of halogens is 3. The molecule has 0 amide bonds. The van der Waals surface area contributed by atoms with E-state index in [4.69, 9.17) is 27.3 Å². The Labute approximate surface area is 269 Å². The second kappa shape index (κ2) is 19.0. The van der Waals surface area contributed by atoms with Crippen molar-refractivity contribution < 1.29 is 9.84 Å². The Morgan fingerprint density at radius 1 is 0.976 bits per heavy atom. The van der Waals surface area contributed by atoms with E-state index in [1.165, 1.54) is 11.1 Å². The molecule has 0 aliphatic rings. The van der Waals surface area contributed by atoms with Gasteiger partial charge < -0.3 is 20.9 Å². The van der Waals surface area contributed by atoms with Crippen LogP contribution in [0.25, 0.3) is 0 Å². The number of nitriles is 1. The zero-order chi connectivity index (χ0) is 29.8. The van der Waals surface area contributed by atoms with Crippen molar-refractivity contribution in [2.75, 3.05) is 13.2 Å². The Balaban J connectivity index is 0.000000949. The number of hydrogen-bond acceptors (Lipinski definition) is 7. The molecule has 2 heterocycles. The van der Waals surface area contributed by atoms with Crippen LogP contribution in [0, 0.1) is 11.3 Å². The second-order valence-corrected chi connectivity index (χ2v) is 11.7.